The van der Waals surface area contributed by atoms with Crippen LogP contribution < -0.4 is 10.2 Å². The molecule has 0 amide bonds. The van der Waals surface area contributed by atoms with Crippen LogP contribution in [0.2, 0.25) is 0 Å². The molecule has 1 aromatic heterocycles. The van der Waals surface area contributed by atoms with E-state index in [0.717, 1.165) is 4.47 Å². The van der Waals surface area contributed by atoms with Gasteiger partial charge in [-0.05, 0) is 40.2 Å². The van der Waals surface area contributed by atoms with Crippen LogP contribution in [-0.2, 0) is 16.0 Å². The third-order valence-corrected chi connectivity index (χ3v) is 5.30. The Morgan fingerprint density at radius 3 is 2.40 bits per heavy atom. The van der Waals surface area contributed by atoms with Crippen LogP contribution in [0, 0.1) is 0 Å². The van der Waals surface area contributed by atoms with Crippen molar-refractivity contribution in [3.63, 3.8) is 0 Å². The first kappa shape index (κ1) is 22.3. The molecule has 0 atom stereocenters. The first-order chi connectivity index (χ1) is 14.5. The summed E-state index contributed by atoms with van der Waals surface area (Å²) in [5, 5.41) is 10.8. The minimum atomic E-state index is -0.311. The van der Waals surface area contributed by atoms with Crippen LogP contribution in [0.5, 0.6) is 17.2 Å². The van der Waals surface area contributed by atoms with Crippen molar-refractivity contribution in [3.05, 3.63) is 62.9 Å². The molecule has 7 nitrogen and oxygen atoms in total. The number of aromatic hydroxyl groups is 1. The van der Waals surface area contributed by atoms with Crippen LogP contribution in [0.1, 0.15) is 5.56 Å². The second-order valence-electron chi connectivity index (χ2n) is 6.66. The summed E-state index contributed by atoms with van der Waals surface area (Å²) in [6.45, 7) is 2.72. The minimum absolute atomic E-state index is 0.0601. The summed E-state index contributed by atoms with van der Waals surface area (Å²) in [5.41, 5.74) is 0.553. The van der Waals surface area contributed by atoms with Crippen molar-refractivity contribution in [2.45, 2.75) is 6.54 Å². The van der Waals surface area contributed by atoms with Crippen molar-refractivity contribution in [1.82, 2.24) is 4.90 Å². The maximum atomic E-state index is 13.0. The smallest absolute Gasteiger partial charge is 0.235 e. The number of hydrogen-bond donors (Lipinski definition) is 1. The molecule has 0 aliphatic heterocycles. The normalized spacial score (nSPS) is 11.3. The molecule has 0 fully saturated rings. The Balaban J connectivity index is 1.96. The topological polar surface area (TPSA) is 81.4 Å². The first-order valence-electron chi connectivity index (χ1n) is 9.44. The molecule has 0 aliphatic carbocycles. The fourth-order valence-corrected chi connectivity index (χ4v) is 3.40. The molecule has 3 rings (SSSR count). The van der Waals surface area contributed by atoms with Gasteiger partial charge in [-0.15, -0.1) is 0 Å². The average molecular weight is 478 g/mol. The van der Waals surface area contributed by atoms with Gasteiger partial charge in [0.1, 0.15) is 23.3 Å². The Morgan fingerprint density at radius 1 is 1.03 bits per heavy atom. The van der Waals surface area contributed by atoms with Crippen molar-refractivity contribution in [3.8, 4) is 17.2 Å². The number of ether oxygens (including phenoxy) is 3. The van der Waals surface area contributed by atoms with E-state index < -0.39 is 0 Å². The SMILES string of the molecule is COCCN(CCOC)Cc1c(O)ccc2c(=O)c(Oc3ccccc3Br)coc12. The lowest BCUT2D eigenvalue weighted by atomic mass is 10.1. The minimum Gasteiger partial charge on any atom is -0.507 e. The van der Waals surface area contributed by atoms with Crippen LogP contribution in [-0.4, -0.2) is 50.5 Å². The van der Waals surface area contributed by atoms with E-state index in [1.807, 2.05) is 18.2 Å². The molecule has 160 valence electrons. The van der Waals surface area contributed by atoms with Gasteiger partial charge in [-0.1, -0.05) is 12.1 Å². The fourth-order valence-electron chi connectivity index (χ4n) is 3.03. The molecule has 3 aromatic rings. The van der Waals surface area contributed by atoms with Gasteiger partial charge >= 0.3 is 0 Å². The third kappa shape index (κ3) is 5.20. The highest BCUT2D eigenvalue weighted by Crippen LogP contribution is 2.31. The summed E-state index contributed by atoms with van der Waals surface area (Å²) in [4.78, 5) is 15.1. The zero-order valence-electron chi connectivity index (χ0n) is 16.9. The number of halogens is 1. The Bertz CT molecular complexity index is 1040. The molecule has 1 N–H and O–H groups in total. The van der Waals surface area contributed by atoms with Gasteiger partial charge in [0, 0.05) is 33.9 Å². The van der Waals surface area contributed by atoms with Crippen LogP contribution >= 0.6 is 15.9 Å². The summed E-state index contributed by atoms with van der Waals surface area (Å²) >= 11 is 3.40. The van der Waals surface area contributed by atoms with Gasteiger partial charge in [0.05, 0.1) is 28.6 Å². The van der Waals surface area contributed by atoms with Crippen molar-refractivity contribution in [2.75, 3.05) is 40.5 Å². The molecule has 1 heterocycles. The number of fused-ring (bicyclic) bond motifs is 1. The highest BCUT2D eigenvalue weighted by atomic mass is 79.9. The van der Waals surface area contributed by atoms with Gasteiger partial charge in [-0.25, -0.2) is 0 Å². The van der Waals surface area contributed by atoms with Crippen LogP contribution in [0.3, 0.4) is 0 Å². The second kappa shape index (κ2) is 10.6. The predicted octanol–water partition coefficient (Wildman–Crippen LogP) is 4.15. The number of nitrogens with zero attached hydrogens (tertiary/aromatic N) is 1. The van der Waals surface area contributed by atoms with Gasteiger partial charge < -0.3 is 23.7 Å². The summed E-state index contributed by atoms with van der Waals surface area (Å²) in [6.07, 6.45) is 1.28. The lowest BCUT2D eigenvalue weighted by Gasteiger charge is -2.22. The Labute approximate surface area is 182 Å². The van der Waals surface area contributed by atoms with Gasteiger partial charge in [0.25, 0.3) is 0 Å². The number of methoxy groups -OCH3 is 2. The van der Waals surface area contributed by atoms with E-state index in [-0.39, 0.29) is 16.9 Å². The molecule has 0 saturated carbocycles. The van der Waals surface area contributed by atoms with E-state index in [2.05, 4.69) is 20.8 Å². The molecule has 0 bridgehead atoms. The highest BCUT2D eigenvalue weighted by Gasteiger charge is 2.18. The summed E-state index contributed by atoms with van der Waals surface area (Å²) in [6, 6.07) is 10.3. The van der Waals surface area contributed by atoms with Crippen molar-refractivity contribution < 1.29 is 23.7 Å². The fraction of sp³-hybridized carbons (Fsp3) is 0.318. The third-order valence-electron chi connectivity index (χ3n) is 4.65. The van der Waals surface area contributed by atoms with E-state index in [9.17, 15) is 9.90 Å². The summed E-state index contributed by atoms with van der Waals surface area (Å²) in [5.74, 6) is 0.639. The van der Waals surface area contributed by atoms with Gasteiger partial charge in [0.15, 0.2) is 0 Å². The number of rotatable bonds is 10. The molecule has 30 heavy (non-hydrogen) atoms. The zero-order chi connectivity index (χ0) is 21.5. The molecule has 0 saturated heterocycles. The molecule has 2 aromatic carbocycles. The number of benzene rings is 2. The van der Waals surface area contributed by atoms with E-state index in [1.165, 1.54) is 12.3 Å². The van der Waals surface area contributed by atoms with Crippen molar-refractivity contribution in [1.29, 1.82) is 0 Å². The van der Waals surface area contributed by atoms with Crippen LogP contribution in [0.4, 0.5) is 0 Å². The monoisotopic (exact) mass is 477 g/mol. The average Bonchev–Trinajstić information content (AvgIpc) is 2.75. The van der Waals surface area contributed by atoms with E-state index in [4.69, 9.17) is 18.6 Å². The maximum Gasteiger partial charge on any atom is 0.235 e. The van der Waals surface area contributed by atoms with Gasteiger partial charge in [0.2, 0.25) is 11.2 Å². The largest absolute Gasteiger partial charge is 0.507 e. The summed E-state index contributed by atoms with van der Waals surface area (Å²) in [7, 11) is 3.27. The molecule has 0 spiro atoms. The number of para-hydroxylation sites is 1. The molecule has 8 heteroatoms. The second-order valence-corrected chi connectivity index (χ2v) is 7.52. The van der Waals surface area contributed by atoms with Crippen molar-refractivity contribution in [2.24, 2.45) is 0 Å². The van der Waals surface area contributed by atoms with Crippen LogP contribution in [0.25, 0.3) is 11.0 Å². The predicted molar refractivity (Wildman–Crippen MR) is 117 cm³/mol. The molecule has 0 unspecified atom stereocenters. The Kier molecular flexibility index (Phi) is 7.87. The number of phenolic OH excluding ortho intramolecular Hbond substituents is 1. The number of hydrogen-bond acceptors (Lipinski definition) is 7. The maximum absolute atomic E-state index is 13.0. The first-order valence-corrected chi connectivity index (χ1v) is 10.2. The Hall–Kier alpha value is -2.39. The quantitative estimate of drug-likeness (QED) is 0.469. The number of phenols is 1. The standard InChI is InChI=1S/C22H24BrNO6/c1-27-11-9-24(10-12-28-2)13-16-18(25)8-7-15-21(26)20(14-29-22(15)16)30-19-6-4-3-5-17(19)23/h3-8,14,25H,9-13H2,1-2H3. The van der Waals surface area contributed by atoms with Gasteiger partial charge in [-0.3, -0.25) is 9.69 Å². The van der Waals surface area contributed by atoms with Gasteiger partial charge in [-0.2, -0.15) is 0 Å². The molecule has 0 radical (unpaired) electrons. The molecular weight excluding hydrogens is 454 g/mol. The van der Waals surface area contributed by atoms with Crippen LogP contribution in [0.15, 0.2) is 56.3 Å². The van der Waals surface area contributed by atoms with E-state index in [0.29, 0.717) is 55.1 Å². The highest BCUT2D eigenvalue weighted by molar-refractivity contribution is 9.10. The lowest BCUT2D eigenvalue weighted by molar-refractivity contribution is 0.110. The molecule has 0 aliphatic rings. The van der Waals surface area contributed by atoms with Crippen molar-refractivity contribution >= 4 is 26.9 Å². The zero-order valence-corrected chi connectivity index (χ0v) is 18.5. The molecular formula is C22H24BrNO6. The Morgan fingerprint density at radius 2 is 1.73 bits per heavy atom. The summed E-state index contributed by atoms with van der Waals surface area (Å²) < 4.78 is 22.6. The lowest BCUT2D eigenvalue weighted by Crippen LogP contribution is -2.30. The van der Waals surface area contributed by atoms with E-state index in [1.54, 1.807) is 26.4 Å². The van der Waals surface area contributed by atoms with E-state index >= 15 is 0 Å².